The second-order valence-electron chi connectivity index (χ2n) is 6.66. The number of aromatic nitrogens is 2. The predicted molar refractivity (Wildman–Crippen MR) is 108 cm³/mol. The molecule has 1 unspecified atom stereocenters. The van der Waals surface area contributed by atoms with Gasteiger partial charge in [-0.2, -0.15) is 0 Å². The van der Waals surface area contributed by atoms with E-state index in [1.54, 1.807) is 6.20 Å². The number of allylic oxidation sites excluding steroid dienone is 2. The first kappa shape index (κ1) is 17.6. The Morgan fingerprint density at radius 1 is 1.26 bits per heavy atom. The van der Waals surface area contributed by atoms with Crippen LogP contribution >= 0.6 is 11.6 Å². The van der Waals surface area contributed by atoms with Crippen LogP contribution in [0.3, 0.4) is 0 Å². The Balaban J connectivity index is 1.45. The summed E-state index contributed by atoms with van der Waals surface area (Å²) in [6.07, 6.45) is 8.35. The van der Waals surface area contributed by atoms with Crippen LogP contribution in [0.25, 0.3) is 11.0 Å². The quantitative estimate of drug-likeness (QED) is 0.622. The minimum atomic E-state index is -0.0749. The van der Waals surface area contributed by atoms with Crippen LogP contribution in [-0.2, 0) is 13.0 Å². The lowest BCUT2D eigenvalue weighted by Gasteiger charge is -2.32. The zero-order chi connectivity index (χ0) is 18.8. The second-order valence-corrected chi connectivity index (χ2v) is 7.10. The summed E-state index contributed by atoms with van der Waals surface area (Å²) in [5.41, 5.74) is 4.00. The summed E-state index contributed by atoms with van der Waals surface area (Å²) in [6, 6.07) is 11.7. The van der Waals surface area contributed by atoms with Crippen molar-refractivity contribution in [3.05, 3.63) is 88.5 Å². The molecule has 0 fully saturated rings. The van der Waals surface area contributed by atoms with Crippen LogP contribution in [0.5, 0.6) is 0 Å². The van der Waals surface area contributed by atoms with E-state index in [0.717, 1.165) is 32.8 Å². The van der Waals surface area contributed by atoms with Crippen molar-refractivity contribution in [2.24, 2.45) is 0 Å². The number of rotatable bonds is 5. The Labute approximate surface area is 163 Å². The summed E-state index contributed by atoms with van der Waals surface area (Å²) >= 11 is 5.93. The molecule has 3 heterocycles. The average molecular weight is 381 g/mol. The van der Waals surface area contributed by atoms with Gasteiger partial charge in [0.05, 0.1) is 0 Å². The van der Waals surface area contributed by atoms with Gasteiger partial charge < -0.3 is 15.0 Å². The minimum Gasteiger partial charge on any atom is -0.494 e. The van der Waals surface area contributed by atoms with Gasteiger partial charge in [-0.1, -0.05) is 29.8 Å². The molecule has 1 atom stereocenters. The third kappa shape index (κ3) is 3.70. The average Bonchev–Trinajstić information content (AvgIpc) is 3.09. The van der Waals surface area contributed by atoms with Crippen molar-refractivity contribution in [2.75, 3.05) is 7.05 Å². The number of H-pyrrole nitrogens is 1. The van der Waals surface area contributed by atoms with Crippen LogP contribution in [0.15, 0.2) is 72.4 Å². The molecule has 0 bridgehead atoms. The minimum absolute atomic E-state index is 0.0749. The number of nitrogens with zero attached hydrogens (tertiary/aromatic N) is 2. The Morgan fingerprint density at radius 2 is 2.07 bits per heavy atom. The highest BCUT2D eigenvalue weighted by molar-refractivity contribution is 6.30. The van der Waals surface area contributed by atoms with E-state index in [1.807, 2.05) is 60.6 Å². The third-order valence-electron chi connectivity index (χ3n) is 4.86. The zero-order valence-corrected chi connectivity index (χ0v) is 15.7. The molecule has 27 heavy (non-hydrogen) atoms. The predicted octanol–water partition coefficient (Wildman–Crippen LogP) is 4.15. The molecule has 1 aromatic carbocycles. The molecule has 138 valence electrons. The summed E-state index contributed by atoms with van der Waals surface area (Å²) < 4.78 is 0. The van der Waals surface area contributed by atoms with Crippen LogP contribution in [0.2, 0.25) is 5.02 Å². The van der Waals surface area contributed by atoms with Gasteiger partial charge in [-0.15, -0.1) is 0 Å². The largest absolute Gasteiger partial charge is 0.494 e. The molecule has 4 rings (SSSR count). The van der Waals surface area contributed by atoms with Gasteiger partial charge in [0.1, 0.15) is 11.8 Å². The maximum absolute atomic E-state index is 10.7. The topological polar surface area (TPSA) is 64.2 Å². The molecule has 0 radical (unpaired) electrons. The molecule has 0 saturated heterocycles. The second kappa shape index (κ2) is 7.47. The first-order valence-corrected chi connectivity index (χ1v) is 9.21. The highest BCUT2D eigenvalue weighted by atomic mass is 35.5. The number of nitrogens with one attached hydrogen (secondary N) is 2. The van der Waals surface area contributed by atoms with Gasteiger partial charge in [0.2, 0.25) is 0 Å². The van der Waals surface area contributed by atoms with Gasteiger partial charge in [-0.3, -0.25) is 5.32 Å². The van der Waals surface area contributed by atoms with E-state index in [1.165, 1.54) is 0 Å². The molecule has 2 aromatic heterocycles. The Bertz CT molecular complexity index is 1010. The molecule has 1 aliphatic heterocycles. The van der Waals surface area contributed by atoms with Crippen molar-refractivity contribution in [2.45, 2.75) is 19.1 Å². The molecule has 3 aromatic rings. The lowest BCUT2D eigenvalue weighted by atomic mass is 10.0. The number of aliphatic hydroxyl groups excluding tert-OH is 1. The number of halogens is 1. The lowest BCUT2D eigenvalue weighted by Crippen LogP contribution is -2.43. The Morgan fingerprint density at radius 3 is 2.89 bits per heavy atom. The maximum Gasteiger partial charge on any atom is 0.191 e. The van der Waals surface area contributed by atoms with Crippen LogP contribution < -0.4 is 5.32 Å². The number of aliphatic hydroxyl groups is 1. The molecule has 0 aliphatic carbocycles. The van der Waals surface area contributed by atoms with Crippen molar-refractivity contribution in [1.82, 2.24) is 20.2 Å². The molecule has 0 spiro atoms. The molecule has 6 heteroatoms. The molecule has 1 aliphatic rings. The smallest absolute Gasteiger partial charge is 0.191 e. The fourth-order valence-corrected chi connectivity index (χ4v) is 3.43. The summed E-state index contributed by atoms with van der Waals surface area (Å²) in [4.78, 5) is 9.34. The van der Waals surface area contributed by atoms with E-state index in [0.29, 0.717) is 13.0 Å². The highest BCUT2D eigenvalue weighted by Crippen LogP contribution is 2.24. The van der Waals surface area contributed by atoms with Crippen molar-refractivity contribution >= 4 is 22.6 Å². The first-order valence-electron chi connectivity index (χ1n) is 8.84. The number of pyridine rings is 1. The molecule has 3 N–H and O–H groups in total. The summed E-state index contributed by atoms with van der Waals surface area (Å²) in [5, 5.41) is 15.9. The van der Waals surface area contributed by atoms with Crippen molar-refractivity contribution in [1.29, 1.82) is 0 Å². The van der Waals surface area contributed by atoms with Gasteiger partial charge in [0, 0.05) is 48.4 Å². The van der Waals surface area contributed by atoms with Crippen LogP contribution in [0.4, 0.5) is 0 Å². The first-order chi connectivity index (χ1) is 13.1. The number of hydrogen-bond donors (Lipinski definition) is 3. The van der Waals surface area contributed by atoms with E-state index in [4.69, 9.17) is 11.6 Å². The van der Waals surface area contributed by atoms with E-state index >= 15 is 0 Å². The normalized spacial score (nSPS) is 17.1. The van der Waals surface area contributed by atoms with Crippen LogP contribution in [0, 0.1) is 0 Å². The van der Waals surface area contributed by atoms with Gasteiger partial charge >= 0.3 is 0 Å². The number of likely N-dealkylation sites (N-methyl/N-ethyl adjacent to an activating group) is 1. The molecule has 0 saturated carbocycles. The standard InChI is InChI=1S/C21H21ClN4O/c1-26-19(24-12-14-4-7-17(22)8-5-14)9-6-15(21(26)27)11-16-13-25-20-18(16)3-2-10-23-20/h2-10,13,19,24,27H,11-12H2,1H3,(H,23,25). The zero-order valence-electron chi connectivity index (χ0n) is 15.0. The van der Waals surface area contributed by atoms with Gasteiger partial charge in [-0.25, -0.2) is 4.98 Å². The monoisotopic (exact) mass is 380 g/mol. The van der Waals surface area contributed by atoms with Gasteiger partial charge in [0.15, 0.2) is 5.88 Å². The third-order valence-corrected chi connectivity index (χ3v) is 5.12. The molecular formula is C21H21ClN4O. The number of aromatic amines is 1. The fraction of sp³-hybridized carbons (Fsp3) is 0.190. The van der Waals surface area contributed by atoms with Crippen molar-refractivity contribution < 1.29 is 5.11 Å². The molecular weight excluding hydrogens is 360 g/mol. The van der Waals surface area contributed by atoms with Crippen molar-refractivity contribution in [3.8, 4) is 0 Å². The van der Waals surface area contributed by atoms with E-state index in [9.17, 15) is 5.11 Å². The summed E-state index contributed by atoms with van der Waals surface area (Å²) in [7, 11) is 1.88. The fourth-order valence-electron chi connectivity index (χ4n) is 3.30. The lowest BCUT2D eigenvalue weighted by molar-refractivity contribution is 0.175. The highest BCUT2D eigenvalue weighted by Gasteiger charge is 2.21. The summed E-state index contributed by atoms with van der Waals surface area (Å²) in [6.45, 7) is 0.688. The van der Waals surface area contributed by atoms with Crippen LogP contribution in [-0.4, -0.2) is 33.2 Å². The number of hydrogen-bond acceptors (Lipinski definition) is 4. The van der Waals surface area contributed by atoms with Crippen molar-refractivity contribution in [3.63, 3.8) is 0 Å². The van der Waals surface area contributed by atoms with Crippen LogP contribution in [0.1, 0.15) is 11.1 Å². The molecule has 5 nitrogen and oxygen atoms in total. The Hall–Kier alpha value is -2.76. The van der Waals surface area contributed by atoms with Gasteiger partial charge in [0.25, 0.3) is 0 Å². The summed E-state index contributed by atoms with van der Waals surface area (Å²) in [5.74, 6) is 0.282. The number of benzene rings is 1. The maximum atomic E-state index is 10.7. The van der Waals surface area contributed by atoms with Gasteiger partial charge in [-0.05, 0) is 41.5 Å². The van der Waals surface area contributed by atoms with E-state index in [2.05, 4.69) is 21.4 Å². The molecule has 0 amide bonds. The number of fused-ring (bicyclic) bond motifs is 1. The van der Waals surface area contributed by atoms with E-state index in [-0.39, 0.29) is 12.0 Å². The SMILES string of the molecule is CN1C(O)=C(Cc2c[nH]c3ncccc23)C=CC1NCc1ccc(Cl)cc1. The van der Waals surface area contributed by atoms with E-state index < -0.39 is 0 Å². The Kier molecular flexibility index (Phi) is 4.88.